The lowest BCUT2D eigenvalue weighted by atomic mass is 10.2. The number of amidine groups is 1. The molecule has 136 valence electrons. The first-order valence-electron chi connectivity index (χ1n) is 9.20. The molecule has 1 aromatic rings. The molecule has 0 unspecified atom stereocenters. The van der Waals surface area contributed by atoms with Gasteiger partial charge in [0.2, 0.25) is 5.91 Å². The molecule has 2 aliphatic heterocycles. The van der Waals surface area contributed by atoms with Gasteiger partial charge in [-0.15, -0.1) is 0 Å². The van der Waals surface area contributed by atoms with Crippen molar-refractivity contribution in [3.8, 4) is 0 Å². The lowest BCUT2D eigenvalue weighted by molar-refractivity contribution is -0.132. The molecule has 6 heteroatoms. The van der Waals surface area contributed by atoms with E-state index in [9.17, 15) is 4.79 Å². The predicted molar refractivity (Wildman–Crippen MR) is 103 cm³/mol. The minimum atomic E-state index is 0.184. The van der Waals surface area contributed by atoms with Crippen LogP contribution in [-0.4, -0.2) is 66.0 Å². The zero-order valence-electron chi connectivity index (χ0n) is 14.7. The predicted octanol–water partition coefficient (Wildman–Crippen LogP) is 3.14. The van der Waals surface area contributed by atoms with Crippen LogP contribution < -0.4 is 0 Å². The van der Waals surface area contributed by atoms with Crippen LogP contribution in [0.2, 0.25) is 0 Å². The highest BCUT2D eigenvalue weighted by atomic mass is 32.2. The van der Waals surface area contributed by atoms with E-state index in [1.165, 1.54) is 25.7 Å². The summed E-state index contributed by atoms with van der Waals surface area (Å²) in [5.74, 6) is 0.631. The summed E-state index contributed by atoms with van der Waals surface area (Å²) in [4.78, 5) is 21.6. The summed E-state index contributed by atoms with van der Waals surface area (Å²) in [6, 6.07) is 10.0. The number of para-hydroxylation sites is 1. The Hall–Kier alpha value is -1.53. The maximum Gasteiger partial charge on any atom is 0.233 e. The molecular weight excluding hydrogens is 334 g/mol. The van der Waals surface area contributed by atoms with Gasteiger partial charge in [-0.25, -0.2) is 4.99 Å². The van der Waals surface area contributed by atoms with Crippen molar-refractivity contribution in [1.82, 2.24) is 9.80 Å². The summed E-state index contributed by atoms with van der Waals surface area (Å²) in [7, 11) is 0. The first-order chi connectivity index (χ1) is 12.3. The zero-order valence-corrected chi connectivity index (χ0v) is 15.5. The van der Waals surface area contributed by atoms with Gasteiger partial charge >= 0.3 is 0 Å². The molecule has 0 atom stereocenters. The maximum absolute atomic E-state index is 12.5. The fourth-order valence-electron chi connectivity index (χ4n) is 3.10. The minimum absolute atomic E-state index is 0.184. The molecule has 0 radical (unpaired) electrons. The number of morpholine rings is 1. The summed E-state index contributed by atoms with van der Waals surface area (Å²) in [6.07, 6.45) is 4.97. The number of aliphatic imine (C=N–C) groups is 1. The number of hydrogen-bond acceptors (Lipinski definition) is 4. The average molecular weight is 362 g/mol. The van der Waals surface area contributed by atoms with Crippen LogP contribution in [0.1, 0.15) is 25.7 Å². The molecule has 3 rings (SSSR count). The summed E-state index contributed by atoms with van der Waals surface area (Å²) in [6.45, 7) is 4.76. The summed E-state index contributed by atoms with van der Waals surface area (Å²) >= 11 is 1.58. The number of carbonyl (C=O) groups is 1. The fraction of sp³-hybridized carbons (Fsp3) is 0.579. The molecule has 0 bridgehead atoms. The van der Waals surface area contributed by atoms with Gasteiger partial charge < -0.3 is 14.5 Å². The van der Waals surface area contributed by atoms with Crippen molar-refractivity contribution in [3.63, 3.8) is 0 Å². The fourth-order valence-corrected chi connectivity index (χ4v) is 4.07. The largest absolute Gasteiger partial charge is 0.378 e. The van der Waals surface area contributed by atoms with Gasteiger partial charge in [0.05, 0.1) is 24.7 Å². The minimum Gasteiger partial charge on any atom is -0.378 e. The van der Waals surface area contributed by atoms with Crippen molar-refractivity contribution < 1.29 is 9.53 Å². The summed E-state index contributed by atoms with van der Waals surface area (Å²) in [5, 5.41) is 0.981. The third-order valence-corrected chi connectivity index (χ3v) is 5.55. The van der Waals surface area contributed by atoms with Crippen LogP contribution in [0, 0.1) is 0 Å². The molecule has 25 heavy (non-hydrogen) atoms. The molecule has 0 N–H and O–H groups in total. The van der Waals surface area contributed by atoms with Crippen LogP contribution in [0.4, 0.5) is 5.69 Å². The van der Waals surface area contributed by atoms with Gasteiger partial charge in [-0.3, -0.25) is 4.79 Å². The molecule has 0 aromatic heterocycles. The molecule has 0 aliphatic carbocycles. The Labute approximate surface area is 154 Å². The Morgan fingerprint density at radius 1 is 0.960 bits per heavy atom. The van der Waals surface area contributed by atoms with Crippen molar-refractivity contribution in [3.05, 3.63) is 30.3 Å². The third-order valence-electron chi connectivity index (χ3n) is 4.55. The van der Waals surface area contributed by atoms with Crippen LogP contribution in [0.5, 0.6) is 0 Å². The van der Waals surface area contributed by atoms with E-state index >= 15 is 0 Å². The second-order valence-electron chi connectivity index (χ2n) is 6.41. The Balaban J connectivity index is 1.67. The van der Waals surface area contributed by atoms with Crippen molar-refractivity contribution in [2.24, 2.45) is 4.99 Å². The van der Waals surface area contributed by atoms with Gasteiger partial charge in [-0.1, -0.05) is 42.8 Å². The highest BCUT2D eigenvalue weighted by molar-refractivity contribution is 8.14. The standard InChI is InChI=1S/C19H27N3O2S/c23-18(21-12-14-24-15-13-21)16-25-19(20-17-8-4-3-5-9-17)22-10-6-1-2-7-11-22/h3-5,8-9H,1-2,6-7,10-16H2. The Bertz CT molecular complexity index is 565. The topological polar surface area (TPSA) is 45.1 Å². The SMILES string of the molecule is O=C(CSC(=Nc1ccccc1)N1CCCCCC1)N1CCOCC1. The molecule has 2 saturated heterocycles. The molecule has 1 aromatic carbocycles. The van der Waals surface area contributed by atoms with E-state index in [-0.39, 0.29) is 5.91 Å². The van der Waals surface area contributed by atoms with E-state index in [4.69, 9.17) is 9.73 Å². The zero-order chi connectivity index (χ0) is 17.3. The molecule has 1 amide bonds. The second-order valence-corrected chi connectivity index (χ2v) is 7.36. The number of nitrogens with zero attached hydrogens (tertiary/aromatic N) is 3. The van der Waals surface area contributed by atoms with Crippen molar-refractivity contribution in [1.29, 1.82) is 0 Å². The lowest BCUT2D eigenvalue weighted by Gasteiger charge is -2.28. The van der Waals surface area contributed by atoms with Gasteiger partial charge in [0.1, 0.15) is 0 Å². The number of likely N-dealkylation sites (tertiary alicyclic amines) is 1. The highest BCUT2D eigenvalue weighted by Gasteiger charge is 2.20. The number of thioether (sulfide) groups is 1. The van der Waals surface area contributed by atoms with E-state index in [0.29, 0.717) is 32.1 Å². The van der Waals surface area contributed by atoms with E-state index in [1.807, 2.05) is 35.2 Å². The molecule has 2 aliphatic rings. The molecule has 5 nitrogen and oxygen atoms in total. The van der Waals surface area contributed by atoms with Gasteiger partial charge in [-0.2, -0.15) is 0 Å². The van der Waals surface area contributed by atoms with E-state index in [0.717, 1.165) is 23.9 Å². The van der Waals surface area contributed by atoms with Crippen LogP contribution in [-0.2, 0) is 9.53 Å². The van der Waals surface area contributed by atoms with Crippen molar-refractivity contribution in [2.45, 2.75) is 25.7 Å². The normalized spacial score (nSPS) is 19.6. The van der Waals surface area contributed by atoms with E-state index < -0.39 is 0 Å². The Kier molecular flexibility index (Phi) is 7.18. The van der Waals surface area contributed by atoms with Crippen LogP contribution >= 0.6 is 11.8 Å². The van der Waals surface area contributed by atoms with E-state index in [2.05, 4.69) is 4.90 Å². The monoisotopic (exact) mass is 361 g/mol. The maximum atomic E-state index is 12.5. The average Bonchev–Trinajstić information content (AvgIpc) is 2.96. The number of hydrogen-bond donors (Lipinski definition) is 0. The highest BCUT2D eigenvalue weighted by Crippen LogP contribution is 2.21. The number of benzene rings is 1. The molecular formula is C19H27N3O2S. The number of carbonyl (C=O) groups excluding carboxylic acids is 1. The van der Waals surface area contributed by atoms with Gasteiger partial charge in [-0.05, 0) is 25.0 Å². The summed E-state index contributed by atoms with van der Waals surface area (Å²) in [5.41, 5.74) is 0.952. The molecule has 0 spiro atoms. The van der Waals surface area contributed by atoms with Crippen molar-refractivity contribution in [2.75, 3.05) is 45.1 Å². The van der Waals surface area contributed by atoms with Crippen LogP contribution in [0.15, 0.2) is 35.3 Å². The Morgan fingerprint density at radius 3 is 2.32 bits per heavy atom. The molecule has 0 saturated carbocycles. The summed E-state index contributed by atoms with van der Waals surface area (Å²) < 4.78 is 5.33. The van der Waals surface area contributed by atoms with Crippen LogP contribution in [0.3, 0.4) is 0 Å². The van der Waals surface area contributed by atoms with Crippen molar-refractivity contribution >= 4 is 28.5 Å². The first-order valence-corrected chi connectivity index (χ1v) is 10.2. The lowest BCUT2D eigenvalue weighted by Crippen LogP contribution is -2.42. The van der Waals surface area contributed by atoms with E-state index in [1.54, 1.807) is 11.8 Å². The van der Waals surface area contributed by atoms with Gasteiger partial charge in [0.25, 0.3) is 0 Å². The second kappa shape index (κ2) is 9.82. The number of ether oxygens (including phenoxy) is 1. The number of amides is 1. The Morgan fingerprint density at radius 2 is 1.64 bits per heavy atom. The smallest absolute Gasteiger partial charge is 0.233 e. The first kappa shape index (κ1) is 18.3. The quantitative estimate of drug-likeness (QED) is 0.613. The number of rotatable bonds is 3. The van der Waals surface area contributed by atoms with Gasteiger partial charge in [0.15, 0.2) is 5.17 Å². The third kappa shape index (κ3) is 5.75. The molecule has 2 fully saturated rings. The van der Waals surface area contributed by atoms with Crippen LogP contribution in [0.25, 0.3) is 0 Å². The van der Waals surface area contributed by atoms with Gasteiger partial charge in [0, 0.05) is 26.2 Å². The molecule has 2 heterocycles.